The van der Waals surface area contributed by atoms with Crippen molar-refractivity contribution in [3.05, 3.63) is 0 Å². The summed E-state index contributed by atoms with van der Waals surface area (Å²) >= 11 is 0. The van der Waals surface area contributed by atoms with Crippen LogP contribution >= 0.6 is 0 Å². The Bertz CT molecular complexity index is 335. The Morgan fingerprint density at radius 2 is 1.78 bits per heavy atom. The lowest BCUT2D eigenvalue weighted by atomic mass is 9.59. The summed E-state index contributed by atoms with van der Waals surface area (Å²) in [6.45, 7) is 9.75. The first-order chi connectivity index (χ1) is 8.38. The van der Waals surface area contributed by atoms with Crippen LogP contribution in [-0.4, -0.2) is 11.2 Å². The van der Waals surface area contributed by atoms with Crippen molar-refractivity contribution in [2.24, 2.45) is 34.5 Å². The first-order valence-electron chi connectivity index (χ1n) is 8.06. The zero-order valence-electron chi connectivity index (χ0n) is 12.6. The molecule has 3 saturated carbocycles. The average Bonchev–Trinajstić information content (AvgIpc) is 2.65. The van der Waals surface area contributed by atoms with Gasteiger partial charge in [0.05, 0.1) is 6.10 Å². The molecule has 3 rings (SSSR count). The van der Waals surface area contributed by atoms with Crippen LogP contribution < -0.4 is 0 Å². The standard InChI is InChI=1S/C17H30O/c1-11-6-5-7-13(15(11)18)14-10-12-8-9-17(14,4)16(12,2)3/h11-15,18H,5-10H2,1-4H3/t11?,12-,13?,14+,15?,17+/m1/s1. The van der Waals surface area contributed by atoms with Crippen LogP contribution in [0.2, 0.25) is 0 Å². The third-order valence-electron chi connectivity index (χ3n) is 7.60. The molecule has 0 heterocycles. The fourth-order valence-corrected chi connectivity index (χ4v) is 5.79. The lowest BCUT2D eigenvalue weighted by Gasteiger charge is -2.46. The number of rotatable bonds is 1. The van der Waals surface area contributed by atoms with Gasteiger partial charge in [-0.3, -0.25) is 0 Å². The Labute approximate surface area is 112 Å². The van der Waals surface area contributed by atoms with E-state index in [2.05, 4.69) is 27.7 Å². The van der Waals surface area contributed by atoms with Crippen molar-refractivity contribution in [2.75, 3.05) is 0 Å². The Hall–Kier alpha value is -0.0400. The summed E-state index contributed by atoms with van der Waals surface area (Å²) in [5, 5.41) is 10.6. The molecule has 0 amide bonds. The normalized spacial score (nSPS) is 54.8. The third-order valence-corrected chi connectivity index (χ3v) is 7.60. The van der Waals surface area contributed by atoms with E-state index in [4.69, 9.17) is 0 Å². The summed E-state index contributed by atoms with van der Waals surface area (Å²) in [5.41, 5.74) is 0.985. The van der Waals surface area contributed by atoms with Gasteiger partial charge < -0.3 is 5.11 Å². The Kier molecular flexibility index (Phi) is 2.86. The number of fused-ring (bicyclic) bond motifs is 2. The van der Waals surface area contributed by atoms with E-state index in [0.29, 0.717) is 22.7 Å². The maximum atomic E-state index is 10.6. The molecule has 0 radical (unpaired) electrons. The van der Waals surface area contributed by atoms with Crippen LogP contribution in [0.15, 0.2) is 0 Å². The van der Waals surface area contributed by atoms with Gasteiger partial charge in [0.1, 0.15) is 0 Å². The zero-order valence-corrected chi connectivity index (χ0v) is 12.6. The molecular formula is C17H30O. The summed E-state index contributed by atoms with van der Waals surface area (Å²) < 4.78 is 0. The van der Waals surface area contributed by atoms with E-state index in [1.165, 1.54) is 38.5 Å². The average molecular weight is 250 g/mol. The molecular weight excluding hydrogens is 220 g/mol. The van der Waals surface area contributed by atoms with Crippen molar-refractivity contribution < 1.29 is 5.11 Å². The highest BCUT2D eigenvalue weighted by molar-refractivity contribution is 5.12. The number of hydrogen-bond donors (Lipinski definition) is 1. The first-order valence-corrected chi connectivity index (χ1v) is 8.06. The number of hydrogen-bond acceptors (Lipinski definition) is 1. The smallest absolute Gasteiger partial charge is 0.0596 e. The summed E-state index contributed by atoms with van der Waals surface area (Å²) in [4.78, 5) is 0. The Morgan fingerprint density at radius 1 is 1.06 bits per heavy atom. The highest BCUT2D eigenvalue weighted by Crippen LogP contribution is 2.70. The van der Waals surface area contributed by atoms with Crippen molar-refractivity contribution in [3.8, 4) is 0 Å². The van der Waals surface area contributed by atoms with Crippen LogP contribution in [-0.2, 0) is 0 Å². The highest BCUT2D eigenvalue weighted by atomic mass is 16.3. The number of aliphatic hydroxyl groups is 1. The monoisotopic (exact) mass is 250 g/mol. The minimum atomic E-state index is -0.0317. The summed E-state index contributed by atoms with van der Waals surface area (Å²) in [7, 11) is 0. The van der Waals surface area contributed by atoms with Crippen LogP contribution in [0.4, 0.5) is 0 Å². The molecule has 0 aromatic rings. The molecule has 6 atom stereocenters. The molecule has 1 N–H and O–H groups in total. The van der Waals surface area contributed by atoms with Crippen LogP contribution in [0.25, 0.3) is 0 Å². The van der Waals surface area contributed by atoms with Gasteiger partial charge in [-0.1, -0.05) is 34.1 Å². The zero-order chi connectivity index (χ0) is 13.1. The van der Waals surface area contributed by atoms with Crippen molar-refractivity contribution >= 4 is 0 Å². The molecule has 0 spiro atoms. The first kappa shape index (κ1) is 13.0. The molecule has 0 aromatic carbocycles. The molecule has 3 aliphatic carbocycles. The molecule has 3 unspecified atom stereocenters. The van der Waals surface area contributed by atoms with E-state index < -0.39 is 0 Å². The topological polar surface area (TPSA) is 20.2 Å². The van der Waals surface area contributed by atoms with Crippen molar-refractivity contribution in [3.63, 3.8) is 0 Å². The molecule has 104 valence electrons. The second kappa shape index (κ2) is 3.98. The quantitative estimate of drug-likeness (QED) is 0.738. The second-order valence-electron chi connectivity index (χ2n) is 8.28. The van der Waals surface area contributed by atoms with E-state index in [9.17, 15) is 5.11 Å². The van der Waals surface area contributed by atoms with E-state index in [1.807, 2.05) is 0 Å². The van der Waals surface area contributed by atoms with Gasteiger partial charge in [-0.2, -0.15) is 0 Å². The molecule has 3 aliphatic rings. The van der Waals surface area contributed by atoms with E-state index in [-0.39, 0.29) is 6.10 Å². The predicted molar refractivity (Wildman–Crippen MR) is 75.2 cm³/mol. The SMILES string of the molecule is CC1CCCC([C@@H]2C[C@H]3CC[C@]2(C)C3(C)C)C1O. The van der Waals surface area contributed by atoms with Gasteiger partial charge in [-0.05, 0) is 66.6 Å². The molecule has 0 aromatic heterocycles. The summed E-state index contributed by atoms with van der Waals surface area (Å²) in [6, 6.07) is 0. The van der Waals surface area contributed by atoms with Gasteiger partial charge in [-0.15, -0.1) is 0 Å². The number of aliphatic hydroxyl groups excluding tert-OH is 1. The van der Waals surface area contributed by atoms with Crippen LogP contribution in [0.5, 0.6) is 0 Å². The maximum absolute atomic E-state index is 10.6. The third kappa shape index (κ3) is 1.49. The van der Waals surface area contributed by atoms with Crippen molar-refractivity contribution in [2.45, 2.75) is 72.3 Å². The molecule has 0 saturated heterocycles. The van der Waals surface area contributed by atoms with E-state index in [1.54, 1.807) is 0 Å². The minimum absolute atomic E-state index is 0.0317. The lowest BCUT2D eigenvalue weighted by molar-refractivity contribution is -0.0455. The predicted octanol–water partition coefficient (Wildman–Crippen LogP) is 4.25. The fraction of sp³-hybridized carbons (Fsp3) is 1.00. The molecule has 18 heavy (non-hydrogen) atoms. The fourth-order valence-electron chi connectivity index (χ4n) is 5.79. The minimum Gasteiger partial charge on any atom is -0.393 e. The van der Waals surface area contributed by atoms with Crippen molar-refractivity contribution in [1.29, 1.82) is 0 Å². The van der Waals surface area contributed by atoms with E-state index >= 15 is 0 Å². The molecule has 1 nitrogen and oxygen atoms in total. The van der Waals surface area contributed by atoms with Gasteiger partial charge in [0.2, 0.25) is 0 Å². The van der Waals surface area contributed by atoms with E-state index in [0.717, 1.165) is 11.8 Å². The van der Waals surface area contributed by atoms with Crippen LogP contribution in [0, 0.1) is 34.5 Å². The lowest BCUT2D eigenvalue weighted by Crippen LogP contribution is -2.43. The largest absolute Gasteiger partial charge is 0.393 e. The summed E-state index contributed by atoms with van der Waals surface area (Å²) in [5.74, 6) is 2.80. The Balaban J connectivity index is 1.86. The van der Waals surface area contributed by atoms with Gasteiger partial charge in [0.15, 0.2) is 0 Å². The van der Waals surface area contributed by atoms with Crippen LogP contribution in [0.3, 0.4) is 0 Å². The molecule has 0 aliphatic heterocycles. The van der Waals surface area contributed by atoms with Gasteiger partial charge in [0, 0.05) is 0 Å². The van der Waals surface area contributed by atoms with Gasteiger partial charge in [0.25, 0.3) is 0 Å². The Morgan fingerprint density at radius 3 is 2.33 bits per heavy atom. The van der Waals surface area contributed by atoms with Crippen LogP contribution in [0.1, 0.15) is 66.2 Å². The summed E-state index contributed by atoms with van der Waals surface area (Å²) in [6.07, 6.45) is 8.02. The van der Waals surface area contributed by atoms with Crippen molar-refractivity contribution in [1.82, 2.24) is 0 Å². The molecule has 2 bridgehead atoms. The molecule has 3 fully saturated rings. The second-order valence-corrected chi connectivity index (χ2v) is 8.28. The molecule has 1 heteroatoms. The highest BCUT2D eigenvalue weighted by Gasteiger charge is 2.63. The maximum Gasteiger partial charge on any atom is 0.0596 e. The van der Waals surface area contributed by atoms with Gasteiger partial charge >= 0.3 is 0 Å². The van der Waals surface area contributed by atoms with Gasteiger partial charge in [-0.25, -0.2) is 0 Å².